The summed E-state index contributed by atoms with van der Waals surface area (Å²) in [6.45, 7) is 0. The van der Waals surface area contributed by atoms with Crippen molar-refractivity contribution >= 4 is 5.97 Å². The fourth-order valence-electron chi connectivity index (χ4n) is 4.38. The van der Waals surface area contributed by atoms with Crippen LogP contribution in [0.15, 0.2) is 60.7 Å². The van der Waals surface area contributed by atoms with Crippen molar-refractivity contribution < 1.29 is 9.53 Å². The highest BCUT2D eigenvalue weighted by Gasteiger charge is 2.46. The lowest BCUT2D eigenvalue weighted by Crippen LogP contribution is -2.44. The molecule has 124 valence electrons. The van der Waals surface area contributed by atoms with Crippen LogP contribution >= 0.6 is 0 Å². The van der Waals surface area contributed by atoms with Crippen LogP contribution in [-0.2, 0) is 4.74 Å². The summed E-state index contributed by atoms with van der Waals surface area (Å²) in [6.07, 6.45) is 3.04. The number of nitrogens with zero attached hydrogens (tertiary/aromatic N) is 1. The van der Waals surface area contributed by atoms with Crippen molar-refractivity contribution in [2.75, 3.05) is 7.05 Å². The first-order valence-corrected chi connectivity index (χ1v) is 8.75. The number of benzene rings is 2. The average Bonchev–Trinajstić information content (AvgIpc) is 2.81. The summed E-state index contributed by atoms with van der Waals surface area (Å²) in [6, 6.07) is 21.0. The minimum absolute atomic E-state index is 0.0256. The van der Waals surface area contributed by atoms with E-state index in [0.717, 1.165) is 19.3 Å². The van der Waals surface area contributed by atoms with Gasteiger partial charge in [0.1, 0.15) is 6.10 Å². The summed E-state index contributed by atoms with van der Waals surface area (Å²) in [7, 11) is 2.22. The monoisotopic (exact) mass is 321 g/mol. The van der Waals surface area contributed by atoms with E-state index in [0.29, 0.717) is 23.6 Å². The Balaban J connectivity index is 1.47. The normalized spacial score (nSPS) is 29.4. The van der Waals surface area contributed by atoms with E-state index in [1.807, 2.05) is 30.3 Å². The highest BCUT2D eigenvalue weighted by Crippen LogP contribution is 2.44. The fourth-order valence-corrected chi connectivity index (χ4v) is 4.38. The molecule has 3 heteroatoms. The van der Waals surface area contributed by atoms with Crippen LogP contribution in [0.1, 0.15) is 41.1 Å². The standard InChI is InChI=1S/C21H23NO2/c1-22-17-12-18(24-21(23)16-10-6-3-7-11-16)14-20(22)19(13-17)15-8-4-2-5-9-15/h2-11,17-20H,12-14H2,1H3/t17-,18+,19+,20+/m0/s1. The van der Waals surface area contributed by atoms with Gasteiger partial charge < -0.3 is 4.74 Å². The molecule has 2 aliphatic heterocycles. The number of esters is 1. The quantitative estimate of drug-likeness (QED) is 0.804. The third-order valence-electron chi connectivity index (χ3n) is 5.64. The molecule has 2 bridgehead atoms. The second kappa shape index (κ2) is 6.40. The SMILES string of the molecule is CN1[C@H]2C[C@@H](OC(=O)c3ccccc3)C[C@@H]1[C@@H](c1ccccc1)C2. The van der Waals surface area contributed by atoms with Crippen molar-refractivity contribution in [3.8, 4) is 0 Å². The topological polar surface area (TPSA) is 29.5 Å². The molecule has 4 rings (SSSR count). The van der Waals surface area contributed by atoms with Crippen LogP contribution in [0.4, 0.5) is 0 Å². The summed E-state index contributed by atoms with van der Waals surface area (Å²) in [5.41, 5.74) is 2.05. The Morgan fingerprint density at radius 3 is 2.33 bits per heavy atom. The largest absolute Gasteiger partial charge is 0.459 e. The summed E-state index contributed by atoms with van der Waals surface area (Å²) in [4.78, 5) is 14.8. The van der Waals surface area contributed by atoms with Crippen LogP contribution in [-0.4, -0.2) is 36.1 Å². The van der Waals surface area contributed by atoms with Gasteiger partial charge >= 0.3 is 5.97 Å². The second-order valence-corrected chi connectivity index (χ2v) is 7.00. The van der Waals surface area contributed by atoms with Crippen LogP contribution < -0.4 is 0 Å². The van der Waals surface area contributed by atoms with Crippen molar-refractivity contribution in [3.05, 3.63) is 71.8 Å². The summed E-state index contributed by atoms with van der Waals surface area (Å²) >= 11 is 0. The number of hydrogen-bond donors (Lipinski definition) is 0. The fraction of sp³-hybridized carbons (Fsp3) is 0.381. The van der Waals surface area contributed by atoms with Crippen molar-refractivity contribution in [3.63, 3.8) is 0 Å². The lowest BCUT2D eigenvalue weighted by Gasteiger charge is -2.36. The maximum atomic E-state index is 12.3. The van der Waals surface area contributed by atoms with E-state index in [-0.39, 0.29) is 12.1 Å². The van der Waals surface area contributed by atoms with Gasteiger partial charge in [-0.25, -0.2) is 4.79 Å². The number of ether oxygens (including phenoxy) is 1. The Morgan fingerprint density at radius 2 is 1.62 bits per heavy atom. The predicted molar refractivity (Wildman–Crippen MR) is 94.0 cm³/mol. The summed E-state index contributed by atoms with van der Waals surface area (Å²) in [5, 5.41) is 0. The molecule has 3 nitrogen and oxygen atoms in total. The average molecular weight is 321 g/mol. The van der Waals surface area contributed by atoms with Crippen LogP contribution in [0.3, 0.4) is 0 Å². The lowest BCUT2D eigenvalue weighted by atomic mass is 9.90. The molecule has 2 aromatic rings. The first-order chi connectivity index (χ1) is 11.7. The summed E-state index contributed by atoms with van der Waals surface area (Å²) < 4.78 is 5.83. The summed E-state index contributed by atoms with van der Waals surface area (Å²) in [5.74, 6) is 0.349. The molecule has 0 aliphatic carbocycles. The number of rotatable bonds is 3. The number of carbonyl (C=O) groups is 1. The van der Waals surface area contributed by atoms with Crippen molar-refractivity contribution in [2.45, 2.75) is 43.4 Å². The smallest absolute Gasteiger partial charge is 0.338 e. The molecular formula is C21H23NO2. The van der Waals surface area contributed by atoms with Gasteiger partial charge in [0, 0.05) is 30.8 Å². The first-order valence-electron chi connectivity index (χ1n) is 8.75. The van der Waals surface area contributed by atoms with E-state index in [1.165, 1.54) is 5.56 Å². The zero-order valence-corrected chi connectivity index (χ0v) is 14.0. The molecule has 0 radical (unpaired) electrons. The molecule has 4 atom stereocenters. The number of likely N-dealkylation sites (N-methyl/N-ethyl adjacent to an activating group) is 1. The number of fused-ring (bicyclic) bond motifs is 2. The lowest BCUT2D eigenvalue weighted by molar-refractivity contribution is -0.00129. The highest BCUT2D eigenvalue weighted by molar-refractivity contribution is 5.89. The van der Waals surface area contributed by atoms with E-state index in [4.69, 9.17) is 4.74 Å². The minimum Gasteiger partial charge on any atom is -0.459 e. The molecule has 0 unspecified atom stereocenters. The third kappa shape index (κ3) is 2.84. The molecule has 0 N–H and O–H groups in total. The van der Waals surface area contributed by atoms with Gasteiger partial charge in [0.15, 0.2) is 0 Å². The van der Waals surface area contributed by atoms with Crippen molar-refractivity contribution in [2.24, 2.45) is 0 Å². The molecule has 2 aliphatic rings. The molecule has 2 fully saturated rings. The van der Waals surface area contributed by atoms with Gasteiger partial charge in [0.05, 0.1) is 5.56 Å². The van der Waals surface area contributed by atoms with Crippen LogP contribution in [0, 0.1) is 0 Å². The predicted octanol–water partition coefficient (Wildman–Crippen LogP) is 3.86. The molecule has 2 saturated heterocycles. The Kier molecular flexibility index (Phi) is 4.11. The Labute approximate surface area is 143 Å². The minimum atomic E-state index is -0.194. The maximum absolute atomic E-state index is 12.3. The van der Waals surface area contributed by atoms with E-state index in [1.54, 1.807) is 0 Å². The van der Waals surface area contributed by atoms with Gasteiger partial charge in [-0.3, -0.25) is 4.90 Å². The van der Waals surface area contributed by atoms with Gasteiger partial charge in [0.25, 0.3) is 0 Å². The number of piperidine rings is 1. The first kappa shape index (κ1) is 15.4. The molecule has 0 spiro atoms. The molecule has 0 saturated carbocycles. The zero-order chi connectivity index (χ0) is 16.5. The van der Waals surface area contributed by atoms with Gasteiger partial charge in [0.2, 0.25) is 0 Å². The van der Waals surface area contributed by atoms with Gasteiger partial charge in [-0.05, 0) is 31.2 Å². The molecule has 0 aromatic heterocycles. The molecular weight excluding hydrogens is 298 g/mol. The zero-order valence-electron chi connectivity index (χ0n) is 14.0. The van der Waals surface area contributed by atoms with E-state index in [2.05, 4.69) is 42.3 Å². The molecule has 24 heavy (non-hydrogen) atoms. The van der Waals surface area contributed by atoms with Gasteiger partial charge in [-0.1, -0.05) is 48.5 Å². The Bertz CT molecular complexity index is 700. The van der Waals surface area contributed by atoms with E-state index >= 15 is 0 Å². The van der Waals surface area contributed by atoms with E-state index < -0.39 is 0 Å². The van der Waals surface area contributed by atoms with Crippen molar-refractivity contribution in [1.29, 1.82) is 0 Å². The number of hydrogen-bond acceptors (Lipinski definition) is 3. The molecule has 2 heterocycles. The Morgan fingerprint density at radius 1 is 0.958 bits per heavy atom. The Hall–Kier alpha value is -2.13. The molecule has 2 aromatic carbocycles. The maximum Gasteiger partial charge on any atom is 0.338 e. The van der Waals surface area contributed by atoms with Crippen LogP contribution in [0.5, 0.6) is 0 Å². The van der Waals surface area contributed by atoms with Crippen LogP contribution in [0.2, 0.25) is 0 Å². The van der Waals surface area contributed by atoms with Crippen molar-refractivity contribution in [1.82, 2.24) is 4.90 Å². The molecule has 0 amide bonds. The highest BCUT2D eigenvalue weighted by atomic mass is 16.5. The van der Waals surface area contributed by atoms with E-state index in [9.17, 15) is 4.79 Å². The van der Waals surface area contributed by atoms with Gasteiger partial charge in [-0.2, -0.15) is 0 Å². The van der Waals surface area contributed by atoms with Crippen LogP contribution in [0.25, 0.3) is 0 Å². The number of carbonyl (C=O) groups excluding carboxylic acids is 1. The third-order valence-corrected chi connectivity index (χ3v) is 5.64. The second-order valence-electron chi connectivity index (χ2n) is 7.00. The van der Waals surface area contributed by atoms with Gasteiger partial charge in [-0.15, -0.1) is 0 Å².